The minimum atomic E-state index is 0.120. The highest BCUT2D eigenvalue weighted by Crippen LogP contribution is 2.33. The van der Waals surface area contributed by atoms with Gasteiger partial charge in [0.15, 0.2) is 0 Å². The average Bonchev–Trinajstić information content (AvgIpc) is 2.53. The van der Waals surface area contributed by atoms with Crippen molar-refractivity contribution in [2.75, 3.05) is 20.8 Å². The van der Waals surface area contributed by atoms with Crippen molar-refractivity contribution in [3.05, 3.63) is 58.6 Å². The molecule has 0 saturated carbocycles. The molecule has 2 aromatic carbocycles. The molecule has 1 unspecified atom stereocenters. The molecule has 0 bridgehead atoms. The normalized spacial score (nSPS) is 12.0. The summed E-state index contributed by atoms with van der Waals surface area (Å²) in [7, 11) is 3.33. The van der Waals surface area contributed by atoms with Gasteiger partial charge in [0.2, 0.25) is 0 Å². The number of methoxy groups -OCH3 is 2. The van der Waals surface area contributed by atoms with Gasteiger partial charge in [0.25, 0.3) is 0 Å². The molecule has 0 aromatic heterocycles. The number of halogens is 1. The zero-order valence-electron chi connectivity index (χ0n) is 12.3. The van der Waals surface area contributed by atoms with Gasteiger partial charge in [-0.3, -0.25) is 0 Å². The average molecular weight is 306 g/mol. The van der Waals surface area contributed by atoms with Crippen LogP contribution in [-0.2, 0) is 6.42 Å². The van der Waals surface area contributed by atoms with Crippen LogP contribution in [0.1, 0.15) is 17.0 Å². The monoisotopic (exact) mass is 305 g/mol. The van der Waals surface area contributed by atoms with E-state index >= 15 is 0 Å². The minimum Gasteiger partial charge on any atom is -0.496 e. The Morgan fingerprint density at radius 1 is 1.05 bits per heavy atom. The third kappa shape index (κ3) is 3.69. The summed E-state index contributed by atoms with van der Waals surface area (Å²) < 4.78 is 10.8. The predicted octanol–water partition coefficient (Wildman–Crippen LogP) is 3.64. The first kappa shape index (κ1) is 15.7. The third-order valence-corrected chi connectivity index (χ3v) is 3.81. The molecule has 3 nitrogen and oxygen atoms in total. The van der Waals surface area contributed by atoms with E-state index in [9.17, 15) is 0 Å². The molecule has 21 heavy (non-hydrogen) atoms. The fraction of sp³-hybridized carbons (Fsp3) is 0.294. The molecular weight excluding hydrogens is 286 g/mol. The van der Waals surface area contributed by atoms with Gasteiger partial charge in [-0.05, 0) is 42.8 Å². The van der Waals surface area contributed by atoms with E-state index in [2.05, 4.69) is 6.07 Å². The van der Waals surface area contributed by atoms with Gasteiger partial charge in [0.05, 0.1) is 14.2 Å². The summed E-state index contributed by atoms with van der Waals surface area (Å²) in [5.41, 5.74) is 8.13. The van der Waals surface area contributed by atoms with Crippen LogP contribution in [0.5, 0.6) is 11.5 Å². The van der Waals surface area contributed by atoms with Gasteiger partial charge in [-0.1, -0.05) is 29.8 Å². The number of hydrogen-bond acceptors (Lipinski definition) is 3. The lowest BCUT2D eigenvalue weighted by Crippen LogP contribution is -2.16. The summed E-state index contributed by atoms with van der Waals surface area (Å²) in [5, 5.41) is 0.685. The number of hydrogen-bond donors (Lipinski definition) is 1. The first-order chi connectivity index (χ1) is 10.2. The zero-order valence-corrected chi connectivity index (χ0v) is 13.1. The molecule has 0 amide bonds. The highest BCUT2D eigenvalue weighted by atomic mass is 35.5. The molecule has 2 rings (SSSR count). The maximum Gasteiger partial charge on any atom is 0.122 e. The standard InChI is InChI=1S/C17H20ClNO2/c1-20-16-6-4-3-5-12(16)9-13(11-19)15-10-14(18)7-8-17(15)21-2/h3-8,10,13H,9,11,19H2,1-2H3. The molecule has 0 fully saturated rings. The van der Waals surface area contributed by atoms with Crippen molar-refractivity contribution in [1.29, 1.82) is 0 Å². The minimum absolute atomic E-state index is 0.120. The van der Waals surface area contributed by atoms with E-state index in [4.69, 9.17) is 26.8 Å². The van der Waals surface area contributed by atoms with Crippen LogP contribution >= 0.6 is 11.6 Å². The number of benzene rings is 2. The quantitative estimate of drug-likeness (QED) is 0.886. The predicted molar refractivity (Wildman–Crippen MR) is 86.5 cm³/mol. The van der Waals surface area contributed by atoms with Crippen molar-refractivity contribution in [3.63, 3.8) is 0 Å². The lowest BCUT2D eigenvalue weighted by Gasteiger charge is -2.20. The highest BCUT2D eigenvalue weighted by Gasteiger charge is 2.17. The molecule has 2 aromatic rings. The molecular formula is C17H20ClNO2. The molecule has 0 radical (unpaired) electrons. The van der Waals surface area contributed by atoms with E-state index in [1.165, 1.54) is 0 Å². The maximum atomic E-state index is 6.12. The van der Waals surface area contributed by atoms with Crippen LogP contribution in [0, 0.1) is 0 Å². The summed E-state index contributed by atoms with van der Waals surface area (Å²) >= 11 is 6.12. The lowest BCUT2D eigenvalue weighted by atomic mass is 9.91. The molecule has 0 aliphatic rings. The number of rotatable bonds is 6. The van der Waals surface area contributed by atoms with Gasteiger partial charge in [-0.2, -0.15) is 0 Å². The summed E-state index contributed by atoms with van der Waals surface area (Å²) in [4.78, 5) is 0. The van der Waals surface area contributed by atoms with Crippen molar-refractivity contribution in [3.8, 4) is 11.5 Å². The van der Waals surface area contributed by atoms with E-state index in [1.54, 1.807) is 14.2 Å². The van der Waals surface area contributed by atoms with Crippen molar-refractivity contribution in [2.24, 2.45) is 5.73 Å². The van der Waals surface area contributed by atoms with Gasteiger partial charge in [0.1, 0.15) is 11.5 Å². The number of nitrogens with two attached hydrogens (primary N) is 1. The van der Waals surface area contributed by atoms with Crippen LogP contribution in [0.15, 0.2) is 42.5 Å². The Morgan fingerprint density at radius 3 is 2.43 bits per heavy atom. The molecule has 0 aliphatic heterocycles. The number of para-hydroxylation sites is 1. The third-order valence-electron chi connectivity index (χ3n) is 3.57. The van der Waals surface area contributed by atoms with Crippen LogP contribution in [-0.4, -0.2) is 20.8 Å². The Morgan fingerprint density at radius 2 is 1.76 bits per heavy atom. The van der Waals surface area contributed by atoms with E-state index in [0.29, 0.717) is 11.6 Å². The Bertz CT molecular complexity index is 601. The molecule has 112 valence electrons. The van der Waals surface area contributed by atoms with Gasteiger partial charge < -0.3 is 15.2 Å². The second-order valence-corrected chi connectivity index (χ2v) is 5.27. The summed E-state index contributed by atoms with van der Waals surface area (Å²) in [6.07, 6.45) is 0.775. The van der Waals surface area contributed by atoms with Gasteiger partial charge in [-0.25, -0.2) is 0 Å². The molecule has 0 spiro atoms. The van der Waals surface area contributed by atoms with Crippen molar-refractivity contribution in [2.45, 2.75) is 12.3 Å². The Hall–Kier alpha value is -1.71. The molecule has 0 heterocycles. The molecule has 0 aliphatic carbocycles. The summed E-state index contributed by atoms with van der Waals surface area (Å²) in [6.45, 7) is 0.509. The second-order valence-electron chi connectivity index (χ2n) is 4.83. The van der Waals surface area contributed by atoms with Crippen LogP contribution in [0.25, 0.3) is 0 Å². The zero-order chi connectivity index (χ0) is 15.2. The Kier molecular flexibility index (Phi) is 5.48. The van der Waals surface area contributed by atoms with Gasteiger partial charge in [-0.15, -0.1) is 0 Å². The second kappa shape index (κ2) is 7.34. The first-order valence-electron chi connectivity index (χ1n) is 6.85. The highest BCUT2D eigenvalue weighted by molar-refractivity contribution is 6.30. The van der Waals surface area contributed by atoms with Crippen LogP contribution in [0.3, 0.4) is 0 Å². The van der Waals surface area contributed by atoms with Crippen molar-refractivity contribution >= 4 is 11.6 Å². The fourth-order valence-electron chi connectivity index (χ4n) is 2.48. The topological polar surface area (TPSA) is 44.5 Å². The van der Waals surface area contributed by atoms with E-state index in [0.717, 1.165) is 29.0 Å². The molecule has 4 heteroatoms. The summed E-state index contributed by atoms with van der Waals surface area (Å²) in [5.74, 6) is 1.80. The molecule has 2 N–H and O–H groups in total. The van der Waals surface area contributed by atoms with E-state index in [1.807, 2.05) is 36.4 Å². The maximum absolute atomic E-state index is 6.12. The summed E-state index contributed by atoms with van der Waals surface area (Å²) in [6, 6.07) is 13.6. The van der Waals surface area contributed by atoms with E-state index in [-0.39, 0.29) is 5.92 Å². The lowest BCUT2D eigenvalue weighted by molar-refractivity contribution is 0.400. The van der Waals surface area contributed by atoms with Crippen molar-refractivity contribution < 1.29 is 9.47 Å². The Balaban J connectivity index is 2.34. The van der Waals surface area contributed by atoms with Gasteiger partial charge in [0, 0.05) is 16.5 Å². The fourth-order valence-corrected chi connectivity index (χ4v) is 2.66. The SMILES string of the molecule is COc1ccccc1CC(CN)c1cc(Cl)ccc1OC. The van der Waals surface area contributed by atoms with Gasteiger partial charge >= 0.3 is 0 Å². The smallest absolute Gasteiger partial charge is 0.122 e. The number of ether oxygens (including phenoxy) is 2. The van der Waals surface area contributed by atoms with Crippen LogP contribution < -0.4 is 15.2 Å². The largest absolute Gasteiger partial charge is 0.496 e. The van der Waals surface area contributed by atoms with E-state index < -0.39 is 0 Å². The first-order valence-corrected chi connectivity index (χ1v) is 7.22. The van der Waals surface area contributed by atoms with Crippen LogP contribution in [0.2, 0.25) is 5.02 Å². The Labute approximate surface area is 130 Å². The van der Waals surface area contributed by atoms with Crippen LogP contribution in [0.4, 0.5) is 0 Å². The molecule has 1 atom stereocenters. The molecule has 0 saturated heterocycles. The van der Waals surface area contributed by atoms with Crippen molar-refractivity contribution in [1.82, 2.24) is 0 Å².